The Morgan fingerprint density at radius 1 is 0.700 bits per heavy atom. The van der Waals surface area contributed by atoms with E-state index in [-0.39, 0.29) is 17.8 Å². The van der Waals surface area contributed by atoms with Gasteiger partial charge in [-0.05, 0) is 32.1 Å². The lowest BCUT2D eigenvalue weighted by Gasteiger charge is -2.15. The Balaban J connectivity index is 3.93. The highest BCUT2D eigenvalue weighted by Crippen LogP contribution is 2.21. The summed E-state index contributed by atoms with van der Waals surface area (Å²) in [5, 5.41) is 0. The third-order valence-corrected chi connectivity index (χ3v) is 4.04. The van der Waals surface area contributed by atoms with Gasteiger partial charge in [-0.2, -0.15) is 0 Å². The molecule has 0 heterocycles. The minimum Gasteiger partial charge on any atom is -0.303 e. The second-order valence-corrected chi connectivity index (χ2v) is 5.76. The fraction of sp³-hybridized carbons (Fsp3) is 0.824. The lowest BCUT2D eigenvalue weighted by atomic mass is 9.88. The first-order valence-electron chi connectivity index (χ1n) is 8.07. The molecular weight excluding hydrogens is 252 g/mol. The van der Waals surface area contributed by atoms with Gasteiger partial charge >= 0.3 is 0 Å². The molecule has 0 bridgehead atoms. The summed E-state index contributed by atoms with van der Waals surface area (Å²) in [5.41, 5.74) is 0. The maximum atomic E-state index is 11.1. The van der Waals surface area contributed by atoms with Crippen LogP contribution in [0.15, 0.2) is 0 Å². The van der Waals surface area contributed by atoms with Crippen molar-refractivity contribution in [1.29, 1.82) is 0 Å². The summed E-state index contributed by atoms with van der Waals surface area (Å²) in [7, 11) is 0. The molecule has 3 atom stereocenters. The number of aldehydes is 3. The Morgan fingerprint density at radius 3 is 1.55 bits per heavy atom. The quantitative estimate of drug-likeness (QED) is 0.357. The van der Waals surface area contributed by atoms with Crippen molar-refractivity contribution in [1.82, 2.24) is 0 Å². The molecule has 3 heteroatoms. The molecular formula is C17H30O3. The van der Waals surface area contributed by atoms with Gasteiger partial charge in [-0.1, -0.05) is 39.5 Å². The maximum absolute atomic E-state index is 11.1. The number of carbonyl (C=O) groups is 3. The molecule has 0 radical (unpaired) electrons. The molecule has 0 saturated heterocycles. The number of carbonyl (C=O) groups excluding carboxylic acids is 3. The van der Waals surface area contributed by atoms with Crippen LogP contribution in [0.5, 0.6) is 0 Å². The monoisotopic (exact) mass is 282 g/mol. The average Bonchev–Trinajstić information content (AvgIpc) is 2.49. The first-order chi connectivity index (χ1) is 9.71. The van der Waals surface area contributed by atoms with E-state index in [9.17, 15) is 14.4 Å². The van der Waals surface area contributed by atoms with Gasteiger partial charge in [0.15, 0.2) is 0 Å². The second-order valence-electron chi connectivity index (χ2n) is 5.76. The zero-order valence-corrected chi connectivity index (χ0v) is 13.1. The minimum atomic E-state index is -0.00152. The molecule has 3 nitrogen and oxygen atoms in total. The van der Waals surface area contributed by atoms with E-state index >= 15 is 0 Å². The summed E-state index contributed by atoms with van der Waals surface area (Å²) >= 11 is 0. The van der Waals surface area contributed by atoms with Crippen LogP contribution in [0.4, 0.5) is 0 Å². The molecule has 0 aromatic rings. The molecule has 20 heavy (non-hydrogen) atoms. The highest BCUT2D eigenvalue weighted by molar-refractivity contribution is 5.57. The van der Waals surface area contributed by atoms with Gasteiger partial charge in [-0.3, -0.25) is 0 Å². The van der Waals surface area contributed by atoms with Gasteiger partial charge in [0.1, 0.15) is 18.9 Å². The maximum Gasteiger partial charge on any atom is 0.123 e. The highest BCUT2D eigenvalue weighted by Gasteiger charge is 2.15. The van der Waals surface area contributed by atoms with Crippen LogP contribution in [0.3, 0.4) is 0 Å². The molecule has 0 aliphatic carbocycles. The summed E-state index contributed by atoms with van der Waals surface area (Å²) in [5.74, 6) is 0.193. The fourth-order valence-corrected chi connectivity index (χ4v) is 2.52. The zero-order chi connectivity index (χ0) is 15.2. The third-order valence-electron chi connectivity index (χ3n) is 4.04. The van der Waals surface area contributed by atoms with Crippen LogP contribution in [-0.4, -0.2) is 18.9 Å². The van der Waals surface area contributed by atoms with Gasteiger partial charge in [-0.15, -0.1) is 0 Å². The predicted octanol–water partition coefficient (Wildman–Crippen LogP) is 3.98. The summed E-state index contributed by atoms with van der Waals surface area (Å²) < 4.78 is 0. The van der Waals surface area contributed by atoms with Crippen LogP contribution in [0.2, 0.25) is 0 Å². The van der Waals surface area contributed by atoms with E-state index in [0.29, 0.717) is 6.42 Å². The summed E-state index contributed by atoms with van der Waals surface area (Å²) in [6.07, 6.45) is 11.4. The fourth-order valence-electron chi connectivity index (χ4n) is 2.52. The SMILES string of the molecule is CCCCC(C=O)CC(C=O)CCCCC(C=O)CC. The van der Waals surface area contributed by atoms with Crippen LogP contribution in [-0.2, 0) is 14.4 Å². The van der Waals surface area contributed by atoms with Crippen LogP contribution >= 0.6 is 0 Å². The molecule has 0 aromatic heterocycles. The van der Waals surface area contributed by atoms with Crippen LogP contribution in [0.25, 0.3) is 0 Å². The Hall–Kier alpha value is -0.990. The molecule has 3 unspecified atom stereocenters. The molecule has 116 valence electrons. The molecule has 0 saturated carbocycles. The Kier molecular flexibility index (Phi) is 12.4. The van der Waals surface area contributed by atoms with E-state index in [1.54, 1.807) is 0 Å². The van der Waals surface area contributed by atoms with E-state index in [2.05, 4.69) is 6.92 Å². The minimum absolute atomic E-state index is 0.00152. The van der Waals surface area contributed by atoms with Crippen molar-refractivity contribution in [3.05, 3.63) is 0 Å². The van der Waals surface area contributed by atoms with Crippen molar-refractivity contribution in [2.75, 3.05) is 0 Å². The van der Waals surface area contributed by atoms with E-state index < -0.39 is 0 Å². The van der Waals surface area contributed by atoms with Gasteiger partial charge in [0.2, 0.25) is 0 Å². The Bertz CT molecular complexity index is 263. The van der Waals surface area contributed by atoms with E-state index in [0.717, 1.165) is 70.2 Å². The van der Waals surface area contributed by atoms with Crippen molar-refractivity contribution < 1.29 is 14.4 Å². The number of hydrogen-bond acceptors (Lipinski definition) is 3. The van der Waals surface area contributed by atoms with E-state index in [1.165, 1.54) is 0 Å². The van der Waals surface area contributed by atoms with Crippen LogP contribution in [0, 0.1) is 17.8 Å². The molecule has 0 fully saturated rings. The first kappa shape index (κ1) is 19.0. The summed E-state index contributed by atoms with van der Waals surface area (Å²) in [4.78, 5) is 32.8. The molecule has 0 spiro atoms. The largest absolute Gasteiger partial charge is 0.303 e. The van der Waals surface area contributed by atoms with Crippen molar-refractivity contribution in [2.24, 2.45) is 17.8 Å². The van der Waals surface area contributed by atoms with E-state index in [4.69, 9.17) is 0 Å². The summed E-state index contributed by atoms with van der Waals surface area (Å²) in [6.45, 7) is 4.13. The number of hydrogen-bond donors (Lipinski definition) is 0. The van der Waals surface area contributed by atoms with Crippen molar-refractivity contribution in [3.63, 3.8) is 0 Å². The van der Waals surface area contributed by atoms with Gasteiger partial charge in [0.05, 0.1) is 0 Å². The molecule has 0 aliphatic rings. The molecule has 0 aliphatic heterocycles. The number of rotatable bonds is 14. The zero-order valence-electron chi connectivity index (χ0n) is 13.1. The van der Waals surface area contributed by atoms with Gasteiger partial charge in [0.25, 0.3) is 0 Å². The van der Waals surface area contributed by atoms with Crippen LogP contribution in [0.1, 0.15) is 71.6 Å². The first-order valence-corrected chi connectivity index (χ1v) is 8.07. The van der Waals surface area contributed by atoms with Crippen LogP contribution < -0.4 is 0 Å². The topological polar surface area (TPSA) is 51.2 Å². The lowest BCUT2D eigenvalue weighted by molar-refractivity contribution is -0.114. The predicted molar refractivity (Wildman–Crippen MR) is 81.6 cm³/mol. The molecule has 0 amide bonds. The van der Waals surface area contributed by atoms with Gasteiger partial charge < -0.3 is 14.4 Å². The molecule has 0 aromatic carbocycles. The smallest absolute Gasteiger partial charge is 0.123 e. The Morgan fingerprint density at radius 2 is 1.15 bits per heavy atom. The highest BCUT2D eigenvalue weighted by atomic mass is 16.1. The molecule has 0 N–H and O–H groups in total. The normalized spacial score (nSPS) is 15.3. The summed E-state index contributed by atoms with van der Waals surface area (Å²) in [6, 6.07) is 0. The Labute approximate surface area is 123 Å². The van der Waals surface area contributed by atoms with Gasteiger partial charge in [0, 0.05) is 17.8 Å². The number of unbranched alkanes of at least 4 members (excludes halogenated alkanes) is 2. The standard InChI is InChI=1S/C17H30O3/c1-3-5-8-16(13-19)11-17(14-20)10-7-6-9-15(4-2)12-18/h12-17H,3-11H2,1-2H3. The average molecular weight is 282 g/mol. The van der Waals surface area contributed by atoms with Crippen molar-refractivity contribution in [3.8, 4) is 0 Å². The van der Waals surface area contributed by atoms with Crippen molar-refractivity contribution >= 4 is 18.9 Å². The van der Waals surface area contributed by atoms with Crippen molar-refractivity contribution in [2.45, 2.75) is 71.6 Å². The lowest BCUT2D eigenvalue weighted by Crippen LogP contribution is -2.12. The third kappa shape index (κ3) is 9.00. The second kappa shape index (κ2) is 13.0. The van der Waals surface area contributed by atoms with Gasteiger partial charge in [-0.25, -0.2) is 0 Å². The van der Waals surface area contributed by atoms with E-state index in [1.807, 2.05) is 6.92 Å². The molecule has 0 rings (SSSR count).